The highest BCUT2D eigenvalue weighted by Gasteiger charge is 1.99. The molecule has 0 heterocycles. The molecule has 0 fully saturated rings. The van der Waals surface area contributed by atoms with Crippen molar-refractivity contribution in [3.05, 3.63) is 87.9 Å². The third-order valence-electron chi connectivity index (χ3n) is 3.05. The van der Waals surface area contributed by atoms with Crippen molar-refractivity contribution < 1.29 is 10.0 Å². The van der Waals surface area contributed by atoms with Crippen molar-refractivity contribution in [2.45, 2.75) is 0 Å². The number of nitrogens with one attached hydrogen (secondary N) is 1. The Kier molecular flexibility index (Phi) is 9.51. The molecule has 2 N–H and O–H groups in total. The van der Waals surface area contributed by atoms with E-state index in [-0.39, 0.29) is 0 Å². The lowest BCUT2D eigenvalue weighted by molar-refractivity contribution is -0.104. The van der Waals surface area contributed by atoms with Gasteiger partial charge in [0.2, 0.25) is 0 Å². The lowest BCUT2D eigenvalue weighted by atomic mass is 10.1. The minimum absolute atomic E-state index is 0.614. The molecule has 5 heteroatoms. The van der Waals surface area contributed by atoms with Gasteiger partial charge < -0.3 is 5.21 Å². The van der Waals surface area contributed by atoms with E-state index in [1.54, 1.807) is 11.6 Å². The number of rotatable bonds is 5. The van der Waals surface area contributed by atoms with Gasteiger partial charge in [0, 0.05) is 17.1 Å². The van der Waals surface area contributed by atoms with Crippen LogP contribution in [0.1, 0.15) is 16.7 Å². The van der Waals surface area contributed by atoms with Crippen LogP contribution in [0.4, 0.5) is 0 Å². The van der Waals surface area contributed by atoms with Crippen LogP contribution in [0.25, 0.3) is 17.7 Å². The first-order chi connectivity index (χ1) is 12.0. The molecule has 2 aromatic rings. The molecule has 2 aromatic carbocycles. The second-order valence-electron chi connectivity index (χ2n) is 4.87. The van der Waals surface area contributed by atoms with Crippen LogP contribution in [0.5, 0.6) is 0 Å². The summed E-state index contributed by atoms with van der Waals surface area (Å²) in [6, 6.07) is 13.1. The molecule has 0 unspecified atom stereocenters. The summed E-state index contributed by atoms with van der Waals surface area (Å²) < 4.78 is 0. The fourth-order valence-electron chi connectivity index (χ4n) is 1.91. The van der Waals surface area contributed by atoms with Crippen molar-refractivity contribution in [1.82, 2.24) is 5.48 Å². The summed E-state index contributed by atoms with van der Waals surface area (Å²) in [7, 11) is 1.43. The van der Waals surface area contributed by atoms with Gasteiger partial charge in [0.15, 0.2) is 0 Å². The molecular weight excluding hydrogens is 357 g/mol. The van der Waals surface area contributed by atoms with E-state index >= 15 is 0 Å². The Bertz CT molecular complexity index is 783. The van der Waals surface area contributed by atoms with Crippen LogP contribution in [0.3, 0.4) is 0 Å². The summed E-state index contributed by atoms with van der Waals surface area (Å²) >= 11 is 12.2. The normalized spacial score (nSPS) is 10.6. The average molecular weight is 376 g/mol. The van der Waals surface area contributed by atoms with Crippen LogP contribution in [0, 0.1) is 0 Å². The number of hydrogen-bond acceptors (Lipinski definition) is 3. The van der Waals surface area contributed by atoms with Crippen molar-refractivity contribution in [2.24, 2.45) is 0 Å². The van der Waals surface area contributed by atoms with E-state index in [1.165, 1.54) is 13.1 Å². The second-order valence-corrected chi connectivity index (χ2v) is 5.71. The van der Waals surface area contributed by atoms with Crippen LogP contribution in [-0.4, -0.2) is 18.5 Å². The SMILES string of the molecule is C=C(/C=C/c1ccc(/C=C/C=O)cc1Cl)c1cccc(Cl)c1.CNO. The zero-order valence-electron chi connectivity index (χ0n) is 13.7. The Balaban J connectivity index is 0.000000970. The molecule has 0 aromatic heterocycles. The van der Waals surface area contributed by atoms with Gasteiger partial charge in [-0.2, -0.15) is 0 Å². The van der Waals surface area contributed by atoms with Gasteiger partial charge >= 0.3 is 0 Å². The average Bonchev–Trinajstić information content (AvgIpc) is 2.59. The van der Waals surface area contributed by atoms with Gasteiger partial charge in [0.05, 0.1) is 0 Å². The van der Waals surface area contributed by atoms with Crippen molar-refractivity contribution in [3.63, 3.8) is 0 Å². The van der Waals surface area contributed by atoms with Gasteiger partial charge in [-0.15, -0.1) is 0 Å². The van der Waals surface area contributed by atoms with Crippen LogP contribution in [-0.2, 0) is 4.79 Å². The van der Waals surface area contributed by atoms with Crippen molar-refractivity contribution in [3.8, 4) is 0 Å². The van der Waals surface area contributed by atoms with E-state index in [0.717, 1.165) is 28.5 Å². The standard InChI is InChI=1S/C19H14Cl2O.CH5NO/c1-14(17-5-2-6-18(20)13-17)7-9-16-10-8-15(4-3-11-22)12-19(16)21;1-2-3/h2-13H,1H2;2-3H,1H3/b4-3+,9-7+;. The van der Waals surface area contributed by atoms with Gasteiger partial charge in [-0.25, -0.2) is 5.48 Å². The number of hydrogen-bond donors (Lipinski definition) is 2. The number of carbonyl (C=O) groups excluding carboxylic acids is 1. The first-order valence-electron chi connectivity index (χ1n) is 7.37. The van der Waals surface area contributed by atoms with E-state index in [0.29, 0.717) is 10.0 Å². The zero-order valence-corrected chi connectivity index (χ0v) is 15.3. The van der Waals surface area contributed by atoms with E-state index in [2.05, 4.69) is 6.58 Å². The quantitative estimate of drug-likeness (QED) is 0.312. The third kappa shape index (κ3) is 7.50. The van der Waals surface area contributed by atoms with Crippen LogP contribution < -0.4 is 5.48 Å². The molecule has 25 heavy (non-hydrogen) atoms. The largest absolute Gasteiger partial charge is 0.317 e. The first kappa shape index (κ1) is 20.9. The topological polar surface area (TPSA) is 49.3 Å². The number of aldehydes is 1. The lowest BCUT2D eigenvalue weighted by Gasteiger charge is -2.03. The van der Waals surface area contributed by atoms with E-state index in [9.17, 15) is 4.79 Å². The molecule has 0 atom stereocenters. The molecule has 0 aliphatic heterocycles. The lowest BCUT2D eigenvalue weighted by Crippen LogP contribution is -1.91. The number of benzene rings is 2. The van der Waals surface area contributed by atoms with Crippen LogP contribution in [0.15, 0.2) is 61.2 Å². The number of halogens is 2. The van der Waals surface area contributed by atoms with Gasteiger partial charge in [-0.1, -0.05) is 72.3 Å². The second kappa shape index (κ2) is 11.4. The molecule has 0 aliphatic rings. The molecule has 130 valence electrons. The maximum Gasteiger partial charge on any atom is 0.142 e. The van der Waals surface area contributed by atoms with E-state index in [1.807, 2.05) is 54.6 Å². The predicted molar refractivity (Wildman–Crippen MR) is 107 cm³/mol. The Morgan fingerprint density at radius 1 is 1.16 bits per heavy atom. The summed E-state index contributed by atoms with van der Waals surface area (Å²) in [5.41, 5.74) is 5.32. The molecule has 0 radical (unpaired) electrons. The van der Waals surface area contributed by atoms with Crippen LogP contribution >= 0.6 is 23.2 Å². The Hall–Kier alpha value is -2.17. The minimum Gasteiger partial charge on any atom is -0.317 e. The third-order valence-corrected chi connectivity index (χ3v) is 3.61. The zero-order chi connectivity index (χ0) is 18.7. The molecule has 3 nitrogen and oxygen atoms in total. The maximum absolute atomic E-state index is 10.3. The van der Waals surface area contributed by atoms with Gasteiger partial charge in [-0.05, 0) is 46.5 Å². The van der Waals surface area contributed by atoms with Crippen molar-refractivity contribution in [2.75, 3.05) is 7.05 Å². The highest BCUT2D eigenvalue weighted by atomic mass is 35.5. The van der Waals surface area contributed by atoms with Gasteiger partial charge in [-0.3, -0.25) is 4.79 Å². The Labute approximate surface area is 157 Å². The Morgan fingerprint density at radius 2 is 1.88 bits per heavy atom. The monoisotopic (exact) mass is 375 g/mol. The molecule has 0 bridgehead atoms. The van der Waals surface area contributed by atoms with Gasteiger partial charge in [0.1, 0.15) is 6.29 Å². The Morgan fingerprint density at radius 3 is 2.48 bits per heavy atom. The molecule has 0 spiro atoms. The summed E-state index contributed by atoms with van der Waals surface area (Å²) in [6.45, 7) is 4.03. The molecule has 0 saturated carbocycles. The molecule has 0 saturated heterocycles. The number of hydroxylamine groups is 1. The molecule has 0 aliphatic carbocycles. The predicted octanol–water partition coefficient (Wildman–Crippen LogP) is 5.53. The summed E-state index contributed by atoms with van der Waals surface area (Å²) in [5, 5.41) is 8.61. The van der Waals surface area contributed by atoms with E-state index in [4.69, 9.17) is 28.4 Å². The van der Waals surface area contributed by atoms with Crippen molar-refractivity contribution >= 4 is 47.2 Å². The summed E-state index contributed by atoms with van der Waals surface area (Å²) in [6.07, 6.45) is 7.67. The number of allylic oxidation sites excluding steroid dienone is 3. The van der Waals surface area contributed by atoms with Crippen molar-refractivity contribution in [1.29, 1.82) is 0 Å². The molecular formula is C20H19Cl2NO2. The minimum atomic E-state index is 0.614. The molecule has 2 rings (SSSR count). The first-order valence-corrected chi connectivity index (χ1v) is 8.12. The molecule has 0 amide bonds. The van der Waals surface area contributed by atoms with E-state index < -0.39 is 0 Å². The van der Waals surface area contributed by atoms with Crippen LogP contribution in [0.2, 0.25) is 10.0 Å². The van der Waals surface area contributed by atoms with Gasteiger partial charge in [0.25, 0.3) is 0 Å². The summed E-state index contributed by atoms with van der Waals surface area (Å²) in [4.78, 5) is 10.3. The number of carbonyl (C=O) groups is 1. The fourth-order valence-corrected chi connectivity index (χ4v) is 2.35. The fraction of sp³-hybridized carbons (Fsp3) is 0.0500. The highest BCUT2D eigenvalue weighted by Crippen LogP contribution is 2.23. The summed E-state index contributed by atoms with van der Waals surface area (Å²) in [5.74, 6) is 0. The maximum atomic E-state index is 10.3. The highest BCUT2D eigenvalue weighted by molar-refractivity contribution is 6.32. The smallest absolute Gasteiger partial charge is 0.142 e.